The fourth-order valence-corrected chi connectivity index (χ4v) is 3.06. The molecule has 2 atom stereocenters. The van der Waals surface area contributed by atoms with Gasteiger partial charge in [0.2, 0.25) is 0 Å². The molecule has 0 aromatic heterocycles. The van der Waals surface area contributed by atoms with Gasteiger partial charge in [-0.2, -0.15) is 8.42 Å². The van der Waals surface area contributed by atoms with Gasteiger partial charge in [0, 0.05) is 0 Å². The van der Waals surface area contributed by atoms with E-state index < -0.39 is 21.6 Å². The molecule has 0 aromatic rings. The predicted octanol–water partition coefficient (Wildman–Crippen LogP) is 1.93. The molecule has 1 heterocycles. The smallest absolute Gasteiger partial charge is 0.363 e. The molecule has 1 fully saturated rings. The van der Waals surface area contributed by atoms with E-state index in [1.807, 2.05) is 13.8 Å². The maximum atomic E-state index is 10.8. The van der Waals surface area contributed by atoms with Crippen LogP contribution in [0.1, 0.15) is 47.0 Å². The summed E-state index contributed by atoms with van der Waals surface area (Å²) in [4.78, 5) is 0. The highest BCUT2D eigenvalue weighted by Crippen LogP contribution is 2.52. The lowest BCUT2D eigenvalue weighted by Gasteiger charge is -2.30. The van der Waals surface area contributed by atoms with Crippen LogP contribution in [-0.4, -0.2) is 30.3 Å². The topological polar surface area (TPSA) is 76.1 Å². The van der Waals surface area contributed by atoms with Gasteiger partial charge in [-0.1, -0.05) is 20.3 Å². The Kier molecular flexibility index (Phi) is 3.69. The summed E-state index contributed by atoms with van der Waals surface area (Å²) >= 11 is 0. The fraction of sp³-hybridized carbons (Fsp3) is 1.00. The summed E-state index contributed by atoms with van der Waals surface area (Å²) in [6, 6.07) is 0. The first kappa shape index (κ1) is 13.9. The maximum Gasteiger partial charge on any atom is 0.397 e. The summed E-state index contributed by atoms with van der Waals surface area (Å²) in [5, 5.41) is 0. The molecule has 0 bridgehead atoms. The van der Waals surface area contributed by atoms with Crippen LogP contribution in [0.4, 0.5) is 0 Å². The molecule has 1 aliphatic heterocycles. The van der Waals surface area contributed by atoms with Gasteiger partial charge in [0.05, 0.1) is 6.10 Å². The minimum absolute atomic E-state index is 0.00389. The average molecular weight is 252 g/mol. The van der Waals surface area contributed by atoms with Crippen LogP contribution >= 0.6 is 0 Å². The Balaban J connectivity index is 2.87. The summed E-state index contributed by atoms with van der Waals surface area (Å²) < 4.78 is 40.7. The number of epoxide rings is 1. The van der Waals surface area contributed by atoms with Gasteiger partial charge in [-0.25, -0.2) is 4.18 Å². The van der Waals surface area contributed by atoms with Crippen molar-refractivity contribution in [3.8, 4) is 0 Å². The van der Waals surface area contributed by atoms with Crippen LogP contribution in [0.5, 0.6) is 0 Å². The molecule has 96 valence electrons. The van der Waals surface area contributed by atoms with Crippen molar-refractivity contribution in [1.82, 2.24) is 0 Å². The molecule has 0 amide bonds. The first-order valence-electron chi connectivity index (χ1n) is 5.54. The molecule has 6 heteroatoms. The normalized spacial score (nSPS) is 30.4. The number of hydrogen-bond donors (Lipinski definition) is 1. The largest absolute Gasteiger partial charge is 0.397 e. The lowest BCUT2D eigenvalue weighted by molar-refractivity contribution is 0.00929. The second-order valence-electron chi connectivity index (χ2n) is 4.68. The van der Waals surface area contributed by atoms with Crippen molar-refractivity contribution in [2.75, 3.05) is 0 Å². The second-order valence-corrected chi connectivity index (χ2v) is 5.70. The number of rotatable bonds is 6. The van der Waals surface area contributed by atoms with E-state index in [0.717, 1.165) is 12.8 Å². The van der Waals surface area contributed by atoms with E-state index in [1.54, 1.807) is 13.8 Å². The molecule has 16 heavy (non-hydrogen) atoms. The highest BCUT2D eigenvalue weighted by molar-refractivity contribution is 7.80. The Bertz CT molecular complexity index is 348. The lowest BCUT2D eigenvalue weighted by Crippen LogP contribution is -2.45. The van der Waals surface area contributed by atoms with E-state index >= 15 is 0 Å². The van der Waals surface area contributed by atoms with Crippen LogP contribution in [0.15, 0.2) is 0 Å². The Morgan fingerprint density at radius 3 is 2.31 bits per heavy atom. The standard InChI is InChI=1S/C10H20O5S/c1-5-7-10(8(6-2)14-10)9(3,4)15-16(11,12)13/h8H,5-7H2,1-4H3,(H,11,12,13). The fourth-order valence-electron chi connectivity index (χ4n) is 2.39. The van der Waals surface area contributed by atoms with Gasteiger partial charge in [-0.05, 0) is 26.7 Å². The molecule has 5 nitrogen and oxygen atoms in total. The third-order valence-electron chi connectivity index (χ3n) is 3.14. The minimum Gasteiger partial charge on any atom is -0.363 e. The Morgan fingerprint density at radius 1 is 1.44 bits per heavy atom. The number of hydrogen-bond acceptors (Lipinski definition) is 4. The maximum absolute atomic E-state index is 10.8. The van der Waals surface area contributed by atoms with Crippen LogP contribution in [0.25, 0.3) is 0 Å². The van der Waals surface area contributed by atoms with Crippen LogP contribution in [0.3, 0.4) is 0 Å². The van der Waals surface area contributed by atoms with Gasteiger partial charge in [-0.3, -0.25) is 4.55 Å². The highest BCUT2D eigenvalue weighted by Gasteiger charge is 2.65. The highest BCUT2D eigenvalue weighted by atomic mass is 32.3. The molecule has 0 saturated carbocycles. The molecule has 1 saturated heterocycles. The van der Waals surface area contributed by atoms with Gasteiger partial charge in [0.1, 0.15) is 11.2 Å². The van der Waals surface area contributed by atoms with E-state index in [9.17, 15) is 8.42 Å². The third kappa shape index (κ3) is 2.56. The molecule has 0 spiro atoms. The SMILES string of the molecule is CCCC1(C(C)(C)OS(=O)(=O)O)OC1CC. The van der Waals surface area contributed by atoms with Gasteiger partial charge >= 0.3 is 10.4 Å². The summed E-state index contributed by atoms with van der Waals surface area (Å²) in [5.74, 6) is 0. The quantitative estimate of drug-likeness (QED) is 0.577. The molecule has 0 radical (unpaired) electrons. The van der Waals surface area contributed by atoms with Gasteiger partial charge in [0.25, 0.3) is 0 Å². The molecule has 1 aliphatic rings. The first-order valence-corrected chi connectivity index (χ1v) is 6.91. The van der Waals surface area contributed by atoms with E-state index in [2.05, 4.69) is 0 Å². The molecular weight excluding hydrogens is 232 g/mol. The monoisotopic (exact) mass is 252 g/mol. The zero-order valence-electron chi connectivity index (χ0n) is 10.2. The zero-order chi connectivity index (χ0) is 12.6. The van der Waals surface area contributed by atoms with Crippen molar-refractivity contribution in [2.24, 2.45) is 0 Å². The van der Waals surface area contributed by atoms with Crippen LogP contribution in [0.2, 0.25) is 0 Å². The van der Waals surface area contributed by atoms with Crippen molar-refractivity contribution in [3.05, 3.63) is 0 Å². The summed E-state index contributed by atoms with van der Waals surface area (Å²) in [6.45, 7) is 7.24. The van der Waals surface area contributed by atoms with Crippen molar-refractivity contribution in [3.63, 3.8) is 0 Å². The molecule has 0 aliphatic carbocycles. The van der Waals surface area contributed by atoms with Crippen LogP contribution in [-0.2, 0) is 19.3 Å². The lowest BCUT2D eigenvalue weighted by atomic mass is 9.83. The van der Waals surface area contributed by atoms with Crippen LogP contribution < -0.4 is 0 Å². The van der Waals surface area contributed by atoms with E-state index in [0.29, 0.717) is 6.42 Å². The molecule has 0 aromatic carbocycles. The summed E-state index contributed by atoms with van der Waals surface area (Å²) in [5.41, 5.74) is -1.64. The van der Waals surface area contributed by atoms with Crippen molar-refractivity contribution < 1.29 is 21.9 Å². The van der Waals surface area contributed by atoms with Crippen molar-refractivity contribution in [1.29, 1.82) is 0 Å². The first-order chi connectivity index (χ1) is 7.18. The van der Waals surface area contributed by atoms with Crippen molar-refractivity contribution >= 4 is 10.4 Å². The van der Waals surface area contributed by atoms with Crippen molar-refractivity contribution in [2.45, 2.75) is 64.3 Å². The second kappa shape index (κ2) is 4.25. The minimum atomic E-state index is -4.45. The van der Waals surface area contributed by atoms with Gasteiger partial charge in [-0.15, -0.1) is 0 Å². The molecular formula is C10H20O5S. The zero-order valence-corrected chi connectivity index (χ0v) is 11.0. The van der Waals surface area contributed by atoms with Crippen LogP contribution in [0, 0.1) is 0 Å². The van der Waals surface area contributed by atoms with E-state index in [4.69, 9.17) is 13.5 Å². The van der Waals surface area contributed by atoms with Gasteiger partial charge in [0.15, 0.2) is 0 Å². The molecule has 1 N–H and O–H groups in total. The van der Waals surface area contributed by atoms with Gasteiger partial charge < -0.3 is 4.74 Å². The third-order valence-corrected chi connectivity index (χ3v) is 3.77. The Labute approximate surface area is 97.1 Å². The summed E-state index contributed by atoms with van der Waals surface area (Å²) in [7, 11) is -4.45. The van der Waals surface area contributed by atoms with E-state index in [1.165, 1.54) is 0 Å². The number of ether oxygens (including phenoxy) is 1. The average Bonchev–Trinajstić information content (AvgIpc) is 2.76. The summed E-state index contributed by atoms with van der Waals surface area (Å²) in [6.07, 6.45) is 2.39. The Morgan fingerprint density at radius 2 is 2.00 bits per heavy atom. The molecule has 2 unspecified atom stereocenters. The predicted molar refractivity (Wildman–Crippen MR) is 59.5 cm³/mol. The van der Waals surface area contributed by atoms with E-state index in [-0.39, 0.29) is 6.10 Å². The molecule has 1 rings (SSSR count). The Hall–Kier alpha value is -0.170.